The van der Waals surface area contributed by atoms with E-state index in [0.717, 1.165) is 22.3 Å². The molecule has 25 heavy (non-hydrogen) atoms. The standard InChI is InChI=1S/C21H26N2O2/c1-12-7-13(2)9-18(8-12)23-21(25)20(24)22-17(6)19-11-15(4)14(3)10-16(19)5/h7-11,17H,1-6H3,(H,22,24)(H,23,25)/t17-/m0/s1. The molecule has 4 heteroatoms. The van der Waals surface area contributed by atoms with Crippen LogP contribution in [0.1, 0.15) is 46.3 Å². The molecule has 1 atom stereocenters. The van der Waals surface area contributed by atoms with E-state index in [2.05, 4.69) is 29.7 Å². The zero-order chi connectivity index (χ0) is 18.7. The average Bonchev–Trinajstić information content (AvgIpc) is 2.49. The van der Waals surface area contributed by atoms with E-state index in [4.69, 9.17) is 0 Å². The lowest BCUT2D eigenvalue weighted by atomic mass is 9.96. The zero-order valence-corrected chi connectivity index (χ0v) is 15.8. The Balaban J connectivity index is 2.08. The molecule has 0 saturated carbocycles. The van der Waals surface area contributed by atoms with Gasteiger partial charge in [0.25, 0.3) is 0 Å². The first-order valence-corrected chi connectivity index (χ1v) is 8.45. The molecule has 0 bridgehead atoms. The van der Waals surface area contributed by atoms with E-state index in [9.17, 15) is 9.59 Å². The summed E-state index contributed by atoms with van der Waals surface area (Å²) in [6.45, 7) is 11.9. The Morgan fingerprint density at radius 2 is 1.32 bits per heavy atom. The van der Waals surface area contributed by atoms with Gasteiger partial charge in [0.05, 0.1) is 6.04 Å². The molecule has 0 aliphatic heterocycles. The van der Waals surface area contributed by atoms with Crippen molar-refractivity contribution in [2.75, 3.05) is 5.32 Å². The minimum Gasteiger partial charge on any atom is -0.341 e. The van der Waals surface area contributed by atoms with Gasteiger partial charge in [-0.1, -0.05) is 18.2 Å². The monoisotopic (exact) mass is 338 g/mol. The third-order valence-corrected chi connectivity index (χ3v) is 4.38. The van der Waals surface area contributed by atoms with Crippen molar-refractivity contribution in [3.8, 4) is 0 Å². The summed E-state index contributed by atoms with van der Waals surface area (Å²) in [5.74, 6) is -1.29. The van der Waals surface area contributed by atoms with Crippen molar-refractivity contribution in [1.82, 2.24) is 5.32 Å². The first-order chi connectivity index (χ1) is 11.7. The SMILES string of the molecule is Cc1cc(C)cc(NC(=O)C(=O)N[C@@H](C)c2cc(C)c(C)cc2C)c1. The van der Waals surface area contributed by atoms with Crippen LogP contribution in [0.25, 0.3) is 0 Å². The molecular weight excluding hydrogens is 312 g/mol. The van der Waals surface area contributed by atoms with Crippen LogP contribution in [0.3, 0.4) is 0 Å². The van der Waals surface area contributed by atoms with Crippen LogP contribution in [-0.4, -0.2) is 11.8 Å². The summed E-state index contributed by atoms with van der Waals surface area (Å²) in [7, 11) is 0. The van der Waals surface area contributed by atoms with E-state index in [1.165, 1.54) is 11.1 Å². The number of carbonyl (C=O) groups is 2. The second-order valence-corrected chi connectivity index (χ2v) is 6.82. The van der Waals surface area contributed by atoms with Crippen molar-refractivity contribution in [1.29, 1.82) is 0 Å². The number of carbonyl (C=O) groups excluding carboxylic acids is 2. The van der Waals surface area contributed by atoms with E-state index >= 15 is 0 Å². The topological polar surface area (TPSA) is 58.2 Å². The Bertz CT molecular complexity index is 805. The Morgan fingerprint density at radius 1 is 0.760 bits per heavy atom. The van der Waals surface area contributed by atoms with Crippen LogP contribution in [0.15, 0.2) is 30.3 Å². The fourth-order valence-electron chi connectivity index (χ4n) is 3.02. The molecule has 132 valence electrons. The largest absolute Gasteiger partial charge is 0.341 e. The molecule has 2 N–H and O–H groups in total. The molecule has 0 heterocycles. The van der Waals surface area contributed by atoms with E-state index in [1.54, 1.807) is 0 Å². The van der Waals surface area contributed by atoms with E-state index < -0.39 is 11.8 Å². The molecule has 0 aliphatic carbocycles. The number of aryl methyl sites for hydroxylation is 5. The third-order valence-electron chi connectivity index (χ3n) is 4.38. The summed E-state index contributed by atoms with van der Waals surface area (Å²) in [6.07, 6.45) is 0. The highest BCUT2D eigenvalue weighted by molar-refractivity contribution is 6.39. The second-order valence-electron chi connectivity index (χ2n) is 6.82. The summed E-state index contributed by atoms with van der Waals surface area (Å²) in [6, 6.07) is 9.63. The lowest BCUT2D eigenvalue weighted by molar-refractivity contribution is -0.136. The molecule has 0 unspecified atom stereocenters. The van der Waals surface area contributed by atoms with Gasteiger partial charge in [0.15, 0.2) is 0 Å². The van der Waals surface area contributed by atoms with Crippen molar-refractivity contribution >= 4 is 17.5 Å². The summed E-state index contributed by atoms with van der Waals surface area (Å²) in [5, 5.41) is 5.45. The molecule has 2 aromatic rings. The van der Waals surface area contributed by atoms with Crippen molar-refractivity contribution in [2.45, 2.75) is 47.6 Å². The molecule has 0 aliphatic rings. The number of nitrogens with one attached hydrogen (secondary N) is 2. The molecular formula is C21H26N2O2. The molecule has 2 rings (SSSR count). The third kappa shape index (κ3) is 4.69. The normalized spacial score (nSPS) is 11.8. The summed E-state index contributed by atoms with van der Waals surface area (Å²) < 4.78 is 0. The van der Waals surface area contributed by atoms with Crippen LogP contribution in [-0.2, 0) is 9.59 Å². The minimum absolute atomic E-state index is 0.239. The van der Waals surface area contributed by atoms with Crippen molar-refractivity contribution in [3.05, 3.63) is 63.7 Å². The van der Waals surface area contributed by atoms with Gasteiger partial charge in [0.2, 0.25) is 0 Å². The van der Waals surface area contributed by atoms with Gasteiger partial charge in [-0.2, -0.15) is 0 Å². The summed E-state index contributed by atoms with van der Waals surface area (Å²) in [4.78, 5) is 24.4. The number of anilines is 1. The Kier molecular flexibility index (Phi) is 5.62. The molecule has 0 aromatic heterocycles. The fourth-order valence-corrected chi connectivity index (χ4v) is 3.02. The van der Waals surface area contributed by atoms with E-state index in [-0.39, 0.29) is 6.04 Å². The predicted octanol–water partition coefficient (Wildman–Crippen LogP) is 4.04. The van der Waals surface area contributed by atoms with Crippen molar-refractivity contribution in [3.63, 3.8) is 0 Å². The lowest BCUT2D eigenvalue weighted by Gasteiger charge is -2.18. The Morgan fingerprint density at radius 3 is 1.92 bits per heavy atom. The number of hydrogen-bond donors (Lipinski definition) is 2. The van der Waals surface area contributed by atoms with E-state index in [0.29, 0.717) is 5.69 Å². The maximum absolute atomic E-state index is 12.2. The fraction of sp³-hybridized carbons (Fsp3) is 0.333. The van der Waals surface area contributed by atoms with Gasteiger partial charge in [-0.15, -0.1) is 0 Å². The zero-order valence-electron chi connectivity index (χ0n) is 15.8. The van der Waals surface area contributed by atoms with Gasteiger partial charge < -0.3 is 10.6 Å². The molecule has 0 saturated heterocycles. The van der Waals surface area contributed by atoms with E-state index in [1.807, 2.05) is 52.8 Å². The van der Waals surface area contributed by atoms with Gasteiger partial charge in [0, 0.05) is 5.69 Å². The van der Waals surface area contributed by atoms with Crippen molar-refractivity contribution in [2.24, 2.45) is 0 Å². The average molecular weight is 338 g/mol. The first-order valence-electron chi connectivity index (χ1n) is 8.45. The smallest absolute Gasteiger partial charge is 0.313 e. The number of rotatable bonds is 3. The maximum Gasteiger partial charge on any atom is 0.313 e. The van der Waals surface area contributed by atoms with Crippen LogP contribution in [0.2, 0.25) is 0 Å². The van der Waals surface area contributed by atoms with Crippen LogP contribution in [0, 0.1) is 34.6 Å². The van der Waals surface area contributed by atoms with Crippen LogP contribution in [0.5, 0.6) is 0 Å². The highest BCUT2D eigenvalue weighted by Gasteiger charge is 2.19. The predicted molar refractivity (Wildman–Crippen MR) is 102 cm³/mol. The quantitative estimate of drug-likeness (QED) is 0.830. The molecule has 0 spiro atoms. The Hall–Kier alpha value is -2.62. The highest BCUT2D eigenvalue weighted by atomic mass is 16.2. The number of benzene rings is 2. The summed E-state index contributed by atoms with van der Waals surface area (Å²) >= 11 is 0. The molecule has 0 fully saturated rings. The maximum atomic E-state index is 12.2. The summed E-state index contributed by atoms with van der Waals surface area (Å²) in [5.41, 5.74) is 7.22. The van der Waals surface area contributed by atoms with Gasteiger partial charge in [-0.05, 0) is 87.1 Å². The number of amides is 2. The molecule has 2 amide bonds. The van der Waals surface area contributed by atoms with Crippen LogP contribution < -0.4 is 10.6 Å². The lowest BCUT2D eigenvalue weighted by Crippen LogP contribution is -2.37. The highest BCUT2D eigenvalue weighted by Crippen LogP contribution is 2.21. The number of hydrogen-bond acceptors (Lipinski definition) is 2. The molecule has 2 aromatic carbocycles. The van der Waals surface area contributed by atoms with Gasteiger partial charge in [-0.25, -0.2) is 0 Å². The van der Waals surface area contributed by atoms with Gasteiger partial charge in [-0.3, -0.25) is 9.59 Å². The first kappa shape index (κ1) is 18.7. The van der Waals surface area contributed by atoms with Gasteiger partial charge in [0.1, 0.15) is 0 Å². The van der Waals surface area contributed by atoms with Gasteiger partial charge >= 0.3 is 11.8 Å². The molecule has 0 radical (unpaired) electrons. The molecule has 4 nitrogen and oxygen atoms in total. The second kappa shape index (κ2) is 7.51. The minimum atomic E-state index is -0.654. The van der Waals surface area contributed by atoms with Crippen molar-refractivity contribution < 1.29 is 9.59 Å². The van der Waals surface area contributed by atoms with Crippen LogP contribution >= 0.6 is 0 Å². The van der Waals surface area contributed by atoms with Crippen LogP contribution in [0.4, 0.5) is 5.69 Å². The Labute approximate surface area is 149 Å².